The van der Waals surface area contributed by atoms with Crippen molar-refractivity contribution in [2.24, 2.45) is 5.92 Å². The zero-order valence-electron chi connectivity index (χ0n) is 11.5. The van der Waals surface area contributed by atoms with Crippen molar-refractivity contribution in [1.29, 1.82) is 0 Å². The quantitative estimate of drug-likeness (QED) is 0.485. The van der Waals surface area contributed by atoms with Gasteiger partial charge in [-0.25, -0.2) is 0 Å². The van der Waals surface area contributed by atoms with E-state index in [1.165, 1.54) is 32.1 Å². The molecule has 1 nitrogen and oxygen atoms in total. The van der Waals surface area contributed by atoms with Crippen molar-refractivity contribution in [2.45, 2.75) is 78.2 Å². The lowest BCUT2D eigenvalue weighted by atomic mass is 9.93. The van der Waals surface area contributed by atoms with Crippen molar-refractivity contribution in [3.8, 4) is 11.8 Å². The van der Waals surface area contributed by atoms with E-state index in [1.54, 1.807) is 6.92 Å². The molecule has 0 aliphatic carbocycles. The van der Waals surface area contributed by atoms with E-state index in [0.717, 1.165) is 18.8 Å². The predicted molar refractivity (Wildman–Crippen MR) is 71.2 cm³/mol. The minimum absolute atomic E-state index is 0.780. The highest BCUT2D eigenvalue weighted by Gasteiger charge is 2.16. The second kappa shape index (κ2) is 8.65. The molecule has 0 aliphatic heterocycles. The maximum absolute atomic E-state index is 9.87. The summed E-state index contributed by atoms with van der Waals surface area (Å²) >= 11 is 0. The molecular weight excluding hydrogens is 196 g/mol. The Balaban J connectivity index is 3.59. The third kappa shape index (κ3) is 8.80. The molecular formula is C15H28O. The zero-order chi connectivity index (χ0) is 12.4. The molecule has 0 saturated heterocycles. The van der Waals surface area contributed by atoms with Crippen molar-refractivity contribution in [3.63, 3.8) is 0 Å². The van der Waals surface area contributed by atoms with Gasteiger partial charge in [-0.3, -0.25) is 0 Å². The predicted octanol–water partition coefficient (Wildman–Crippen LogP) is 4.15. The number of hydrogen-bond acceptors (Lipinski definition) is 1. The molecule has 0 rings (SSSR count). The summed E-state index contributed by atoms with van der Waals surface area (Å²) in [4.78, 5) is 0. The Labute approximate surface area is 102 Å². The van der Waals surface area contributed by atoms with Crippen molar-refractivity contribution in [3.05, 3.63) is 0 Å². The van der Waals surface area contributed by atoms with Gasteiger partial charge in [-0.1, -0.05) is 51.9 Å². The van der Waals surface area contributed by atoms with Gasteiger partial charge in [-0.15, -0.1) is 5.92 Å². The molecule has 0 aliphatic rings. The molecule has 0 bridgehead atoms. The van der Waals surface area contributed by atoms with E-state index in [-0.39, 0.29) is 0 Å². The fourth-order valence-corrected chi connectivity index (χ4v) is 2.01. The largest absolute Gasteiger partial charge is 0.378 e. The molecule has 94 valence electrons. The highest BCUT2D eigenvalue weighted by Crippen LogP contribution is 2.19. The third-order valence-corrected chi connectivity index (χ3v) is 3.06. The van der Waals surface area contributed by atoms with Crippen LogP contribution < -0.4 is 0 Å². The van der Waals surface area contributed by atoms with Crippen molar-refractivity contribution >= 4 is 0 Å². The minimum atomic E-state index is -0.780. The topological polar surface area (TPSA) is 20.2 Å². The van der Waals surface area contributed by atoms with Crippen LogP contribution in [-0.4, -0.2) is 10.7 Å². The van der Waals surface area contributed by atoms with Gasteiger partial charge in [0.1, 0.15) is 5.60 Å². The molecule has 1 N–H and O–H groups in total. The number of aliphatic hydroxyl groups is 1. The Morgan fingerprint density at radius 2 is 1.81 bits per heavy atom. The van der Waals surface area contributed by atoms with Gasteiger partial charge in [0.15, 0.2) is 0 Å². The zero-order valence-corrected chi connectivity index (χ0v) is 11.5. The monoisotopic (exact) mass is 224 g/mol. The first-order valence-corrected chi connectivity index (χ1v) is 6.68. The van der Waals surface area contributed by atoms with Gasteiger partial charge in [0, 0.05) is 0 Å². The molecule has 16 heavy (non-hydrogen) atoms. The molecule has 0 aromatic heterocycles. The van der Waals surface area contributed by atoms with E-state index in [4.69, 9.17) is 0 Å². The number of rotatable bonds is 8. The fourth-order valence-electron chi connectivity index (χ4n) is 2.01. The van der Waals surface area contributed by atoms with Gasteiger partial charge in [-0.2, -0.15) is 0 Å². The van der Waals surface area contributed by atoms with Gasteiger partial charge < -0.3 is 5.11 Å². The summed E-state index contributed by atoms with van der Waals surface area (Å²) in [6, 6.07) is 0. The van der Waals surface area contributed by atoms with Crippen molar-refractivity contribution < 1.29 is 5.11 Å². The summed E-state index contributed by atoms with van der Waals surface area (Å²) in [6.45, 7) is 8.15. The van der Waals surface area contributed by atoms with Crippen LogP contribution in [0.4, 0.5) is 0 Å². The van der Waals surface area contributed by atoms with Crippen LogP contribution in [0, 0.1) is 17.8 Å². The molecule has 0 spiro atoms. The van der Waals surface area contributed by atoms with E-state index >= 15 is 0 Å². The Kier molecular flexibility index (Phi) is 8.39. The summed E-state index contributed by atoms with van der Waals surface area (Å²) in [5.41, 5.74) is -0.780. The van der Waals surface area contributed by atoms with Crippen LogP contribution >= 0.6 is 0 Å². The molecule has 2 atom stereocenters. The molecule has 0 heterocycles. The van der Waals surface area contributed by atoms with Gasteiger partial charge in [0.25, 0.3) is 0 Å². The van der Waals surface area contributed by atoms with Gasteiger partial charge in [-0.05, 0) is 32.6 Å². The molecule has 2 unspecified atom stereocenters. The number of unbranched alkanes of at least 4 members (excludes halogenated alkanes) is 2. The Hall–Kier alpha value is -0.480. The van der Waals surface area contributed by atoms with E-state index in [0.29, 0.717) is 0 Å². The Morgan fingerprint density at radius 1 is 1.19 bits per heavy atom. The maximum Gasteiger partial charge on any atom is 0.122 e. The molecule has 0 amide bonds. The normalized spacial score (nSPS) is 16.1. The maximum atomic E-state index is 9.87. The first-order valence-electron chi connectivity index (χ1n) is 6.68. The molecule has 0 aromatic carbocycles. The lowest BCUT2D eigenvalue weighted by Gasteiger charge is -2.17. The van der Waals surface area contributed by atoms with E-state index in [2.05, 4.69) is 25.7 Å². The first kappa shape index (κ1) is 15.5. The average Bonchev–Trinajstić information content (AvgIpc) is 2.17. The van der Waals surface area contributed by atoms with Crippen LogP contribution in [0.2, 0.25) is 0 Å². The lowest BCUT2D eigenvalue weighted by Crippen LogP contribution is -2.21. The van der Waals surface area contributed by atoms with Gasteiger partial charge in [0.2, 0.25) is 0 Å². The summed E-state index contributed by atoms with van der Waals surface area (Å²) in [5.74, 6) is 6.43. The second-order valence-electron chi connectivity index (χ2n) is 5.14. The third-order valence-electron chi connectivity index (χ3n) is 3.06. The smallest absolute Gasteiger partial charge is 0.122 e. The van der Waals surface area contributed by atoms with Crippen molar-refractivity contribution in [2.75, 3.05) is 0 Å². The van der Waals surface area contributed by atoms with Crippen LogP contribution in [0.25, 0.3) is 0 Å². The molecule has 1 heteroatoms. The van der Waals surface area contributed by atoms with E-state index in [9.17, 15) is 5.11 Å². The Bertz CT molecular complexity index is 219. The lowest BCUT2D eigenvalue weighted by molar-refractivity contribution is 0.107. The molecule has 0 aromatic rings. The molecule has 0 fully saturated rings. The highest BCUT2D eigenvalue weighted by molar-refractivity contribution is 5.09. The number of hydrogen-bond donors (Lipinski definition) is 1. The van der Waals surface area contributed by atoms with Crippen LogP contribution in [0.3, 0.4) is 0 Å². The van der Waals surface area contributed by atoms with Gasteiger partial charge >= 0.3 is 0 Å². The standard InChI is InChI=1S/C15H28O/c1-5-7-8-10-14(3)11-9-13-15(4,16)12-6-2/h14,16H,5,7-11,13H2,1-4H3. The highest BCUT2D eigenvalue weighted by atomic mass is 16.3. The van der Waals surface area contributed by atoms with Crippen LogP contribution in [0.15, 0.2) is 0 Å². The SMILES string of the molecule is CC#CC(C)(O)CCCC(C)CCCCC. The summed E-state index contributed by atoms with van der Waals surface area (Å²) in [5, 5.41) is 9.87. The minimum Gasteiger partial charge on any atom is -0.378 e. The summed E-state index contributed by atoms with van der Waals surface area (Å²) < 4.78 is 0. The van der Waals surface area contributed by atoms with E-state index in [1.807, 2.05) is 6.92 Å². The fraction of sp³-hybridized carbons (Fsp3) is 0.867. The Morgan fingerprint density at radius 3 is 2.38 bits per heavy atom. The molecule has 0 saturated carbocycles. The van der Waals surface area contributed by atoms with Crippen LogP contribution in [0.1, 0.15) is 72.6 Å². The molecule has 0 radical (unpaired) electrons. The van der Waals surface area contributed by atoms with Crippen LogP contribution in [-0.2, 0) is 0 Å². The summed E-state index contributed by atoms with van der Waals surface area (Å²) in [7, 11) is 0. The first-order chi connectivity index (χ1) is 7.52. The average molecular weight is 224 g/mol. The van der Waals surface area contributed by atoms with Crippen LogP contribution in [0.5, 0.6) is 0 Å². The van der Waals surface area contributed by atoms with E-state index < -0.39 is 5.60 Å². The van der Waals surface area contributed by atoms with Gasteiger partial charge in [0.05, 0.1) is 0 Å². The second-order valence-corrected chi connectivity index (χ2v) is 5.14. The summed E-state index contributed by atoms with van der Waals surface area (Å²) in [6.07, 6.45) is 8.42. The van der Waals surface area contributed by atoms with Crippen molar-refractivity contribution in [1.82, 2.24) is 0 Å².